The number of nitrogens with one attached hydrogen (secondary N) is 1. The SMILES string of the molecule is CCOc1ccc(/C=N\Nc2ccc(C(F)(F)F)cn2)c(OCC)c1. The van der Waals surface area contributed by atoms with E-state index in [1.807, 2.05) is 13.8 Å². The van der Waals surface area contributed by atoms with Crippen molar-refractivity contribution < 1.29 is 22.6 Å². The van der Waals surface area contributed by atoms with Crippen LogP contribution in [0.3, 0.4) is 0 Å². The summed E-state index contributed by atoms with van der Waals surface area (Å²) < 4.78 is 48.4. The second-order valence-corrected chi connectivity index (χ2v) is 4.87. The van der Waals surface area contributed by atoms with Crippen LogP contribution in [0.4, 0.5) is 19.0 Å². The van der Waals surface area contributed by atoms with Crippen LogP contribution in [0.25, 0.3) is 0 Å². The summed E-state index contributed by atoms with van der Waals surface area (Å²) in [4.78, 5) is 3.68. The second-order valence-electron chi connectivity index (χ2n) is 4.87. The van der Waals surface area contributed by atoms with Crippen LogP contribution in [-0.2, 0) is 6.18 Å². The predicted molar refractivity (Wildman–Crippen MR) is 89.2 cm³/mol. The average Bonchev–Trinajstić information content (AvgIpc) is 2.57. The Hall–Kier alpha value is -2.77. The number of hydrazone groups is 1. The number of ether oxygens (including phenoxy) is 2. The number of hydrogen-bond donors (Lipinski definition) is 1. The molecule has 134 valence electrons. The standard InChI is InChI=1S/C17H18F3N3O2/c1-3-24-14-7-5-12(15(9-14)25-4-2)10-22-23-16-8-6-13(11-21-16)17(18,19)20/h5-11H,3-4H2,1-2H3,(H,21,23)/b22-10-. The van der Waals surface area contributed by atoms with Crippen molar-refractivity contribution in [2.75, 3.05) is 18.6 Å². The van der Waals surface area contributed by atoms with Gasteiger partial charge in [0.25, 0.3) is 0 Å². The van der Waals surface area contributed by atoms with Gasteiger partial charge in [-0.1, -0.05) is 0 Å². The minimum Gasteiger partial charge on any atom is -0.494 e. The van der Waals surface area contributed by atoms with Crippen LogP contribution in [0.5, 0.6) is 11.5 Å². The van der Waals surface area contributed by atoms with E-state index < -0.39 is 11.7 Å². The highest BCUT2D eigenvalue weighted by molar-refractivity contribution is 5.84. The van der Waals surface area contributed by atoms with Crippen LogP contribution in [0.1, 0.15) is 25.0 Å². The lowest BCUT2D eigenvalue weighted by molar-refractivity contribution is -0.137. The largest absolute Gasteiger partial charge is 0.494 e. The highest BCUT2D eigenvalue weighted by Gasteiger charge is 2.30. The summed E-state index contributed by atoms with van der Waals surface area (Å²) in [6.45, 7) is 4.76. The average molecular weight is 353 g/mol. The van der Waals surface area contributed by atoms with Gasteiger partial charge in [-0.2, -0.15) is 18.3 Å². The molecule has 25 heavy (non-hydrogen) atoms. The first-order valence-electron chi connectivity index (χ1n) is 7.66. The molecule has 0 unspecified atom stereocenters. The van der Waals surface area contributed by atoms with Crippen LogP contribution in [0, 0.1) is 0 Å². The van der Waals surface area contributed by atoms with E-state index >= 15 is 0 Å². The quantitative estimate of drug-likeness (QED) is 0.594. The van der Waals surface area contributed by atoms with E-state index in [1.165, 1.54) is 12.3 Å². The number of anilines is 1. The molecule has 2 aromatic rings. The van der Waals surface area contributed by atoms with Gasteiger partial charge in [-0.25, -0.2) is 4.98 Å². The number of hydrogen-bond acceptors (Lipinski definition) is 5. The molecule has 1 aromatic heterocycles. The number of alkyl halides is 3. The third kappa shape index (κ3) is 5.37. The molecule has 1 heterocycles. The number of benzene rings is 1. The molecule has 2 rings (SSSR count). The zero-order valence-electron chi connectivity index (χ0n) is 13.8. The van der Waals surface area contributed by atoms with Crippen molar-refractivity contribution in [3.8, 4) is 11.5 Å². The highest BCUT2D eigenvalue weighted by atomic mass is 19.4. The summed E-state index contributed by atoms with van der Waals surface area (Å²) in [6, 6.07) is 7.46. The van der Waals surface area contributed by atoms with Crippen LogP contribution in [0.2, 0.25) is 0 Å². The molecular weight excluding hydrogens is 335 g/mol. The summed E-state index contributed by atoms with van der Waals surface area (Å²) in [5.74, 6) is 1.48. The van der Waals surface area contributed by atoms with Gasteiger partial charge >= 0.3 is 6.18 Å². The van der Waals surface area contributed by atoms with Gasteiger partial charge in [0.2, 0.25) is 0 Å². The lowest BCUT2D eigenvalue weighted by atomic mass is 10.2. The van der Waals surface area contributed by atoms with E-state index in [9.17, 15) is 13.2 Å². The number of halogens is 3. The van der Waals surface area contributed by atoms with Crippen molar-refractivity contribution in [3.05, 3.63) is 47.7 Å². The minimum absolute atomic E-state index is 0.202. The molecule has 5 nitrogen and oxygen atoms in total. The molecular formula is C17H18F3N3O2. The van der Waals surface area contributed by atoms with Crippen LogP contribution < -0.4 is 14.9 Å². The third-order valence-electron chi connectivity index (χ3n) is 3.07. The first-order chi connectivity index (χ1) is 11.9. The number of nitrogens with zero attached hydrogens (tertiary/aromatic N) is 2. The summed E-state index contributed by atoms with van der Waals surface area (Å²) in [6.07, 6.45) is -2.16. The van der Waals surface area contributed by atoms with Gasteiger partial charge in [-0.05, 0) is 38.1 Å². The van der Waals surface area contributed by atoms with E-state index in [0.29, 0.717) is 30.3 Å². The Kier molecular flexibility index (Phi) is 6.21. The van der Waals surface area contributed by atoms with E-state index in [1.54, 1.807) is 18.2 Å². The van der Waals surface area contributed by atoms with Crippen molar-refractivity contribution in [1.29, 1.82) is 0 Å². The van der Waals surface area contributed by atoms with Gasteiger partial charge in [0.05, 0.1) is 25.0 Å². The molecule has 8 heteroatoms. The summed E-state index contributed by atoms with van der Waals surface area (Å²) >= 11 is 0. The molecule has 0 saturated heterocycles. The van der Waals surface area contributed by atoms with Gasteiger partial charge in [0.15, 0.2) is 0 Å². The Balaban J connectivity index is 2.08. The molecule has 0 aliphatic carbocycles. The fraction of sp³-hybridized carbons (Fsp3) is 0.294. The van der Waals surface area contributed by atoms with Gasteiger partial charge in [0, 0.05) is 17.8 Å². The van der Waals surface area contributed by atoms with Gasteiger partial charge in [-0.3, -0.25) is 5.43 Å². The molecule has 0 saturated carbocycles. The number of rotatable bonds is 7. The molecule has 0 amide bonds. The molecule has 1 aromatic carbocycles. The Bertz CT molecular complexity index is 716. The molecule has 0 radical (unpaired) electrons. The zero-order chi connectivity index (χ0) is 18.3. The molecule has 0 bridgehead atoms. The minimum atomic E-state index is -4.41. The topological polar surface area (TPSA) is 55.7 Å². The maximum Gasteiger partial charge on any atom is 0.417 e. The normalized spacial score (nSPS) is 11.6. The highest BCUT2D eigenvalue weighted by Crippen LogP contribution is 2.29. The number of aromatic nitrogens is 1. The molecule has 0 aliphatic rings. The lowest BCUT2D eigenvalue weighted by Gasteiger charge is -2.10. The van der Waals surface area contributed by atoms with Crippen LogP contribution in [0.15, 0.2) is 41.6 Å². The number of pyridine rings is 1. The fourth-order valence-electron chi connectivity index (χ4n) is 1.95. The van der Waals surface area contributed by atoms with E-state index in [2.05, 4.69) is 15.5 Å². The monoisotopic (exact) mass is 353 g/mol. The second kappa shape index (κ2) is 8.36. The molecule has 0 spiro atoms. The Morgan fingerprint density at radius 3 is 2.48 bits per heavy atom. The molecule has 1 N–H and O–H groups in total. The summed E-state index contributed by atoms with van der Waals surface area (Å²) in [7, 11) is 0. The van der Waals surface area contributed by atoms with Crippen molar-refractivity contribution in [3.63, 3.8) is 0 Å². The summed E-state index contributed by atoms with van der Waals surface area (Å²) in [5.41, 5.74) is 2.47. The van der Waals surface area contributed by atoms with Crippen molar-refractivity contribution in [1.82, 2.24) is 4.98 Å². The molecule has 0 fully saturated rings. The maximum absolute atomic E-state index is 12.5. The first kappa shape index (κ1) is 18.6. The smallest absolute Gasteiger partial charge is 0.417 e. The maximum atomic E-state index is 12.5. The zero-order valence-corrected chi connectivity index (χ0v) is 13.8. The van der Waals surface area contributed by atoms with Crippen molar-refractivity contribution >= 4 is 12.0 Å². The van der Waals surface area contributed by atoms with Gasteiger partial charge < -0.3 is 9.47 Å². The van der Waals surface area contributed by atoms with E-state index in [0.717, 1.165) is 12.3 Å². The van der Waals surface area contributed by atoms with Crippen LogP contribution in [-0.4, -0.2) is 24.4 Å². The van der Waals surface area contributed by atoms with Crippen LogP contribution >= 0.6 is 0 Å². The summed E-state index contributed by atoms with van der Waals surface area (Å²) in [5, 5.41) is 3.98. The Labute approximate surface area is 143 Å². The van der Waals surface area contributed by atoms with Crippen molar-refractivity contribution in [2.24, 2.45) is 5.10 Å². The third-order valence-corrected chi connectivity index (χ3v) is 3.07. The van der Waals surface area contributed by atoms with E-state index in [-0.39, 0.29) is 5.82 Å². The first-order valence-corrected chi connectivity index (χ1v) is 7.66. The lowest BCUT2D eigenvalue weighted by Crippen LogP contribution is -2.05. The van der Waals surface area contributed by atoms with Gasteiger partial charge in [0.1, 0.15) is 17.3 Å². The van der Waals surface area contributed by atoms with Crippen molar-refractivity contribution in [2.45, 2.75) is 20.0 Å². The Morgan fingerprint density at radius 2 is 1.88 bits per heavy atom. The van der Waals surface area contributed by atoms with E-state index in [4.69, 9.17) is 9.47 Å². The van der Waals surface area contributed by atoms with Gasteiger partial charge in [-0.15, -0.1) is 0 Å². The Morgan fingerprint density at radius 1 is 1.12 bits per heavy atom. The molecule has 0 aliphatic heterocycles. The predicted octanol–water partition coefficient (Wildman–Crippen LogP) is 4.34. The molecule has 0 atom stereocenters. The fourth-order valence-corrected chi connectivity index (χ4v) is 1.95.